The molecule has 0 aliphatic rings. The summed E-state index contributed by atoms with van der Waals surface area (Å²) in [6.45, 7) is 3.18. The van der Waals surface area contributed by atoms with E-state index in [-0.39, 0.29) is 34.2 Å². The highest BCUT2D eigenvalue weighted by atomic mass is 79.9. The van der Waals surface area contributed by atoms with Crippen molar-refractivity contribution in [3.05, 3.63) is 52.0 Å². The summed E-state index contributed by atoms with van der Waals surface area (Å²) >= 11 is 9.42. The highest BCUT2D eigenvalue weighted by molar-refractivity contribution is 9.10. The maximum absolute atomic E-state index is 12.1. The monoisotopic (exact) mass is 460 g/mol. The lowest BCUT2D eigenvalue weighted by molar-refractivity contribution is -0.118. The molecule has 6 nitrogen and oxygen atoms in total. The van der Waals surface area contributed by atoms with Crippen LogP contribution in [0.4, 0.5) is 5.69 Å². The molecule has 2 aromatic carbocycles. The van der Waals surface area contributed by atoms with E-state index in [0.29, 0.717) is 5.69 Å². The number of ether oxygens (including phenoxy) is 1. The molecule has 0 bridgehead atoms. The summed E-state index contributed by atoms with van der Waals surface area (Å²) in [5.74, 6) is -0.149. The van der Waals surface area contributed by atoms with Gasteiger partial charge in [-0.3, -0.25) is 4.79 Å². The van der Waals surface area contributed by atoms with Crippen LogP contribution < -0.4 is 14.8 Å². The normalized spacial score (nSPS) is 11.4. The first-order chi connectivity index (χ1) is 12.2. The molecule has 0 atom stereocenters. The molecule has 0 saturated carbocycles. The molecule has 140 valence electrons. The smallest absolute Gasteiger partial charge is 0.262 e. The van der Waals surface area contributed by atoms with Gasteiger partial charge in [0.2, 0.25) is 10.0 Å². The van der Waals surface area contributed by atoms with Gasteiger partial charge >= 0.3 is 0 Å². The van der Waals surface area contributed by atoms with Crippen LogP contribution >= 0.6 is 27.5 Å². The lowest BCUT2D eigenvalue weighted by Gasteiger charge is -2.12. The van der Waals surface area contributed by atoms with Crippen molar-refractivity contribution < 1.29 is 17.9 Å². The molecular formula is C17H18BrClN2O4S. The minimum Gasteiger partial charge on any atom is -0.482 e. The lowest BCUT2D eigenvalue weighted by atomic mass is 10.3. The Labute approximate surface area is 166 Å². The summed E-state index contributed by atoms with van der Waals surface area (Å²) in [5.41, 5.74) is 0.619. The number of halogens is 2. The maximum atomic E-state index is 12.1. The minimum absolute atomic E-state index is 0.0289. The van der Waals surface area contributed by atoms with Gasteiger partial charge in [0.05, 0.1) is 15.6 Å². The maximum Gasteiger partial charge on any atom is 0.262 e. The molecule has 0 aliphatic carbocycles. The molecule has 0 spiro atoms. The first-order valence-corrected chi connectivity index (χ1v) is 10.3. The van der Waals surface area contributed by atoms with E-state index in [1.165, 1.54) is 18.2 Å². The number of carbonyl (C=O) groups is 1. The summed E-state index contributed by atoms with van der Waals surface area (Å²) in [6.07, 6.45) is 0. The number of carbonyl (C=O) groups excluding carboxylic acids is 1. The van der Waals surface area contributed by atoms with Gasteiger partial charge in [-0.05, 0) is 60.1 Å². The molecule has 0 saturated heterocycles. The Kier molecular flexibility index (Phi) is 7.05. The van der Waals surface area contributed by atoms with E-state index >= 15 is 0 Å². The summed E-state index contributed by atoms with van der Waals surface area (Å²) < 4.78 is 32.9. The Morgan fingerprint density at radius 3 is 2.54 bits per heavy atom. The summed E-state index contributed by atoms with van der Waals surface area (Å²) in [4.78, 5) is 12.0. The Morgan fingerprint density at radius 1 is 1.23 bits per heavy atom. The molecule has 0 unspecified atom stereocenters. The van der Waals surface area contributed by atoms with Crippen molar-refractivity contribution in [2.45, 2.75) is 24.8 Å². The molecule has 2 aromatic rings. The Morgan fingerprint density at radius 2 is 1.92 bits per heavy atom. The Balaban J connectivity index is 2.02. The van der Waals surface area contributed by atoms with Gasteiger partial charge in [-0.2, -0.15) is 0 Å². The van der Waals surface area contributed by atoms with Crippen LogP contribution in [-0.2, 0) is 14.8 Å². The standard InChI is InChI=1S/C17H18BrClN2O4S/c1-11(2)21-26(23,24)12-7-8-16(14(19)9-12)25-10-17(22)20-15-6-4-3-5-13(15)18/h3-9,11,21H,10H2,1-2H3,(H,20,22). The van der Waals surface area contributed by atoms with Crippen molar-refractivity contribution in [2.24, 2.45) is 0 Å². The van der Waals surface area contributed by atoms with E-state index in [9.17, 15) is 13.2 Å². The van der Waals surface area contributed by atoms with Crippen molar-refractivity contribution in [1.82, 2.24) is 4.72 Å². The SMILES string of the molecule is CC(C)NS(=O)(=O)c1ccc(OCC(=O)Nc2ccccc2Br)c(Cl)c1. The molecule has 2 N–H and O–H groups in total. The van der Waals surface area contributed by atoms with Crippen LogP contribution in [0.3, 0.4) is 0 Å². The number of nitrogens with one attached hydrogen (secondary N) is 2. The molecule has 2 rings (SSSR count). The molecule has 0 heterocycles. The molecule has 0 fully saturated rings. The molecule has 0 aromatic heterocycles. The zero-order valence-corrected chi connectivity index (χ0v) is 17.3. The van der Waals surface area contributed by atoms with Gasteiger partial charge in [0.15, 0.2) is 6.61 Å². The fourth-order valence-electron chi connectivity index (χ4n) is 2.04. The van der Waals surface area contributed by atoms with Crippen molar-refractivity contribution in [1.29, 1.82) is 0 Å². The second-order valence-electron chi connectivity index (χ2n) is 5.68. The fourth-order valence-corrected chi connectivity index (χ4v) is 4.00. The van der Waals surface area contributed by atoms with E-state index in [1.54, 1.807) is 32.0 Å². The number of amides is 1. The van der Waals surface area contributed by atoms with Gasteiger partial charge in [-0.25, -0.2) is 13.1 Å². The molecule has 0 radical (unpaired) electrons. The van der Waals surface area contributed by atoms with Gasteiger partial charge in [0.1, 0.15) is 5.75 Å². The predicted molar refractivity (Wildman–Crippen MR) is 105 cm³/mol. The van der Waals surface area contributed by atoms with E-state index in [4.69, 9.17) is 16.3 Å². The van der Waals surface area contributed by atoms with Crippen molar-refractivity contribution in [2.75, 3.05) is 11.9 Å². The van der Waals surface area contributed by atoms with Crippen LogP contribution in [0.2, 0.25) is 5.02 Å². The van der Waals surface area contributed by atoms with Crippen molar-refractivity contribution in [3.63, 3.8) is 0 Å². The number of hydrogen-bond donors (Lipinski definition) is 2. The third kappa shape index (κ3) is 5.70. The summed E-state index contributed by atoms with van der Waals surface area (Å²) in [5, 5.41) is 2.80. The number of hydrogen-bond acceptors (Lipinski definition) is 4. The highest BCUT2D eigenvalue weighted by Gasteiger charge is 2.17. The van der Waals surface area contributed by atoms with Crippen LogP contribution in [0.5, 0.6) is 5.75 Å². The van der Waals surface area contributed by atoms with Crippen LogP contribution in [0, 0.1) is 0 Å². The number of rotatable bonds is 7. The van der Waals surface area contributed by atoms with Gasteiger partial charge in [-0.15, -0.1) is 0 Å². The van der Waals surface area contributed by atoms with Crippen LogP contribution in [-0.4, -0.2) is 27.0 Å². The fraction of sp³-hybridized carbons (Fsp3) is 0.235. The second-order valence-corrected chi connectivity index (χ2v) is 8.66. The molecule has 0 aliphatic heterocycles. The lowest BCUT2D eigenvalue weighted by Crippen LogP contribution is -2.30. The number of anilines is 1. The van der Waals surface area contributed by atoms with Crippen LogP contribution in [0.15, 0.2) is 51.8 Å². The van der Waals surface area contributed by atoms with Gasteiger partial charge in [0.25, 0.3) is 5.91 Å². The second kappa shape index (κ2) is 8.85. The zero-order chi connectivity index (χ0) is 19.3. The summed E-state index contributed by atoms with van der Waals surface area (Å²) in [7, 11) is -3.65. The summed E-state index contributed by atoms with van der Waals surface area (Å²) in [6, 6.07) is 11.0. The third-order valence-electron chi connectivity index (χ3n) is 3.11. The first-order valence-electron chi connectivity index (χ1n) is 7.68. The van der Waals surface area contributed by atoms with E-state index < -0.39 is 10.0 Å². The molecule has 26 heavy (non-hydrogen) atoms. The van der Waals surface area contributed by atoms with E-state index in [0.717, 1.165) is 4.47 Å². The first kappa shape index (κ1) is 20.7. The number of sulfonamides is 1. The van der Waals surface area contributed by atoms with E-state index in [1.807, 2.05) is 6.07 Å². The number of para-hydroxylation sites is 1. The molecular weight excluding hydrogens is 444 g/mol. The Hall–Kier alpha value is -1.61. The molecule has 1 amide bonds. The quantitative estimate of drug-likeness (QED) is 0.657. The zero-order valence-electron chi connectivity index (χ0n) is 14.1. The molecule has 9 heteroatoms. The van der Waals surface area contributed by atoms with Crippen molar-refractivity contribution >= 4 is 49.1 Å². The minimum atomic E-state index is -3.65. The largest absolute Gasteiger partial charge is 0.482 e. The predicted octanol–water partition coefficient (Wildman–Crippen LogP) is 3.81. The highest BCUT2D eigenvalue weighted by Crippen LogP contribution is 2.27. The third-order valence-corrected chi connectivity index (χ3v) is 5.75. The van der Waals surface area contributed by atoms with Gasteiger partial charge in [-0.1, -0.05) is 23.7 Å². The Bertz CT molecular complexity index is 903. The van der Waals surface area contributed by atoms with Gasteiger partial charge in [0, 0.05) is 10.5 Å². The number of benzene rings is 2. The van der Waals surface area contributed by atoms with E-state index in [2.05, 4.69) is 26.0 Å². The van der Waals surface area contributed by atoms with Gasteiger partial charge < -0.3 is 10.1 Å². The van der Waals surface area contributed by atoms with Crippen LogP contribution in [0.1, 0.15) is 13.8 Å². The average molecular weight is 462 g/mol. The topological polar surface area (TPSA) is 84.5 Å². The van der Waals surface area contributed by atoms with Crippen LogP contribution in [0.25, 0.3) is 0 Å². The average Bonchev–Trinajstić information content (AvgIpc) is 2.54. The van der Waals surface area contributed by atoms with Crippen molar-refractivity contribution in [3.8, 4) is 5.75 Å².